The number of benzene rings is 1. The van der Waals surface area contributed by atoms with Crippen LogP contribution in [0.3, 0.4) is 0 Å². The van der Waals surface area contributed by atoms with Crippen molar-refractivity contribution in [3.05, 3.63) is 55.6 Å². The normalized spacial score (nSPS) is 29.9. The Morgan fingerprint density at radius 3 is 2.27 bits per heavy atom. The summed E-state index contributed by atoms with van der Waals surface area (Å²) >= 11 is 1.66. The van der Waals surface area contributed by atoms with Crippen molar-refractivity contribution < 1.29 is 19.5 Å². The van der Waals surface area contributed by atoms with E-state index >= 15 is 0 Å². The highest BCUT2D eigenvalue weighted by atomic mass is 32.2. The summed E-state index contributed by atoms with van der Waals surface area (Å²) in [4.78, 5) is 48.9. The number of likely N-dealkylation sites (tertiary alicyclic amines) is 1. The second kappa shape index (κ2) is 11.0. The molecule has 0 aromatic heterocycles. The van der Waals surface area contributed by atoms with Crippen molar-refractivity contribution in [2.24, 2.45) is 17.8 Å². The van der Waals surface area contributed by atoms with Crippen LogP contribution in [-0.2, 0) is 14.4 Å². The largest absolute Gasteiger partial charge is 0.394 e. The summed E-state index contributed by atoms with van der Waals surface area (Å²) in [5.41, 5.74) is 0.253. The molecule has 7 nitrogen and oxygen atoms in total. The van der Waals surface area contributed by atoms with E-state index in [2.05, 4.69) is 20.1 Å². The molecular weight excluding hydrogens is 522 g/mol. The highest BCUT2D eigenvalue weighted by Crippen LogP contribution is 2.72. The first-order valence-corrected chi connectivity index (χ1v) is 15.1. The first-order chi connectivity index (χ1) is 18.8. The van der Waals surface area contributed by atoms with Gasteiger partial charge in [0.1, 0.15) is 6.04 Å². The number of fused-ring (bicyclic) bond motifs is 1. The SMILES string of the molecule is C=CCN(C(=O)[C@H]1[C@H]2C(=O)N([C@@H](CO)C(C)C)C(C(=O)N(CC=C)C(C)(C)C)C23CC[C@]1(C)S3)c1ccccc1. The number of amides is 3. The van der Waals surface area contributed by atoms with E-state index in [1.54, 1.807) is 38.6 Å². The average molecular weight is 568 g/mol. The molecule has 2 bridgehead atoms. The van der Waals surface area contributed by atoms with Gasteiger partial charge in [0, 0.05) is 29.1 Å². The minimum absolute atomic E-state index is 0.0736. The van der Waals surface area contributed by atoms with Crippen molar-refractivity contribution in [2.75, 3.05) is 24.6 Å². The van der Waals surface area contributed by atoms with Gasteiger partial charge in [-0.05, 0) is 58.6 Å². The zero-order chi connectivity index (χ0) is 29.6. The number of carbonyl (C=O) groups excluding carboxylic acids is 3. The second-order valence-electron chi connectivity index (χ2n) is 12.9. The fourth-order valence-corrected chi connectivity index (χ4v) is 9.53. The number of nitrogens with zero attached hydrogens (tertiary/aromatic N) is 3. The molecule has 3 amide bonds. The molecule has 0 saturated carbocycles. The molecule has 218 valence electrons. The molecule has 40 heavy (non-hydrogen) atoms. The van der Waals surface area contributed by atoms with E-state index in [1.807, 2.05) is 65.0 Å². The summed E-state index contributed by atoms with van der Waals surface area (Å²) in [7, 11) is 0. The first kappa shape index (κ1) is 30.4. The van der Waals surface area contributed by atoms with Crippen molar-refractivity contribution in [1.82, 2.24) is 9.80 Å². The molecule has 4 rings (SSSR count). The molecule has 1 aromatic carbocycles. The zero-order valence-corrected chi connectivity index (χ0v) is 25.6. The summed E-state index contributed by atoms with van der Waals surface area (Å²) in [5.74, 6) is -1.79. The van der Waals surface area contributed by atoms with Crippen molar-refractivity contribution in [3.8, 4) is 0 Å². The molecule has 0 radical (unpaired) electrons. The topological polar surface area (TPSA) is 81.2 Å². The molecule has 3 aliphatic rings. The van der Waals surface area contributed by atoms with Gasteiger partial charge < -0.3 is 19.8 Å². The van der Waals surface area contributed by atoms with Gasteiger partial charge >= 0.3 is 0 Å². The second-order valence-corrected chi connectivity index (χ2v) is 14.8. The summed E-state index contributed by atoms with van der Waals surface area (Å²) in [6.07, 6.45) is 4.81. The minimum Gasteiger partial charge on any atom is -0.394 e. The zero-order valence-electron chi connectivity index (χ0n) is 24.8. The first-order valence-electron chi connectivity index (χ1n) is 14.3. The van der Waals surface area contributed by atoms with Gasteiger partial charge in [0.05, 0.1) is 29.2 Å². The Bertz CT molecular complexity index is 1160. The van der Waals surface area contributed by atoms with Crippen molar-refractivity contribution in [3.63, 3.8) is 0 Å². The van der Waals surface area contributed by atoms with E-state index in [4.69, 9.17) is 0 Å². The van der Waals surface area contributed by atoms with Crippen LogP contribution < -0.4 is 4.90 Å². The molecule has 8 heteroatoms. The molecule has 3 fully saturated rings. The maximum absolute atomic E-state index is 14.6. The number of aliphatic hydroxyl groups excluding tert-OH is 1. The summed E-state index contributed by atoms with van der Waals surface area (Å²) < 4.78 is -1.25. The number of rotatable bonds is 10. The lowest BCUT2D eigenvalue weighted by Crippen LogP contribution is -2.61. The van der Waals surface area contributed by atoms with Gasteiger partial charge in [0.15, 0.2) is 0 Å². The third kappa shape index (κ3) is 4.71. The number of thioether (sulfide) groups is 1. The summed E-state index contributed by atoms with van der Waals surface area (Å²) in [6, 6.07) is 8.17. The number of carbonyl (C=O) groups is 3. The molecule has 1 aromatic rings. The number of hydrogen-bond acceptors (Lipinski definition) is 5. The lowest BCUT2D eigenvalue weighted by molar-refractivity contribution is -0.149. The van der Waals surface area contributed by atoms with Crippen LogP contribution in [0.25, 0.3) is 0 Å². The van der Waals surface area contributed by atoms with E-state index in [0.29, 0.717) is 19.5 Å². The number of aliphatic hydroxyl groups is 1. The smallest absolute Gasteiger partial charge is 0.247 e. The van der Waals surface area contributed by atoms with E-state index in [0.717, 1.165) is 12.1 Å². The van der Waals surface area contributed by atoms with Crippen LogP contribution in [0.15, 0.2) is 55.6 Å². The Kier molecular flexibility index (Phi) is 8.36. The van der Waals surface area contributed by atoms with Gasteiger partial charge in [0.25, 0.3) is 0 Å². The highest BCUT2D eigenvalue weighted by molar-refractivity contribution is 8.02. The van der Waals surface area contributed by atoms with Crippen molar-refractivity contribution in [1.29, 1.82) is 0 Å². The summed E-state index contributed by atoms with van der Waals surface area (Å²) in [5, 5.41) is 10.5. The predicted molar refractivity (Wildman–Crippen MR) is 162 cm³/mol. The fraction of sp³-hybridized carbons (Fsp3) is 0.594. The van der Waals surface area contributed by atoms with Gasteiger partial charge in [0.2, 0.25) is 17.7 Å². The average Bonchev–Trinajstić information content (AvgIpc) is 3.46. The van der Waals surface area contributed by atoms with Crippen LogP contribution in [0.4, 0.5) is 5.69 Å². The Balaban J connectivity index is 1.87. The van der Waals surface area contributed by atoms with Crippen molar-refractivity contribution in [2.45, 2.75) is 81.5 Å². The van der Waals surface area contributed by atoms with E-state index in [9.17, 15) is 19.5 Å². The molecule has 1 spiro atoms. The third-order valence-electron chi connectivity index (χ3n) is 9.06. The van der Waals surface area contributed by atoms with Gasteiger partial charge in [-0.25, -0.2) is 0 Å². The molecule has 3 saturated heterocycles. The Labute approximate surface area is 243 Å². The molecule has 0 aliphatic carbocycles. The molecule has 3 heterocycles. The van der Waals surface area contributed by atoms with Crippen molar-refractivity contribution >= 4 is 35.2 Å². The molecule has 3 aliphatic heterocycles. The Hall–Kier alpha value is -2.58. The number of anilines is 1. The quantitative estimate of drug-likeness (QED) is 0.421. The van der Waals surface area contributed by atoms with Gasteiger partial charge in [-0.1, -0.05) is 44.2 Å². The van der Waals surface area contributed by atoms with Crippen LogP contribution in [0.2, 0.25) is 0 Å². The van der Waals surface area contributed by atoms with Crippen LogP contribution in [0, 0.1) is 17.8 Å². The molecule has 6 atom stereocenters. The van der Waals surface area contributed by atoms with E-state index in [-0.39, 0.29) is 30.2 Å². The fourth-order valence-electron chi connectivity index (χ4n) is 7.20. The maximum Gasteiger partial charge on any atom is 0.247 e. The maximum atomic E-state index is 14.6. The number of para-hydroxylation sites is 1. The standard InChI is InChI=1S/C32H45N3O4S/c1-9-18-33(22-14-12-11-13-15-22)27(37)24-25-28(38)35(23(20-36)21(3)4)26(32(25)17-16-31(24,8)40-32)29(39)34(19-10-2)30(5,6)7/h9-15,21,23-26,36H,1-2,16-20H2,3-8H3/t23-,24+,25-,26?,31-,32?/m0/s1. The van der Waals surface area contributed by atoms with Crippen LogP contribution in [-0.4, -0.2) is 79.4 Å². The number of hydrogen-bond donors (Lipinski definition) is 1. The van der Waals surface area contributed by atoms with E-state index in [1.165, 1.54) is 0 Å². The van der Waals surface area contributed by atoms with E-state index < -0.39 is 39.0 Å². The molecule has 1 N–H and O–H groups in total. The Morgan fingerprint density at radius 1 is 1.12 bits per heavy atom. The Morgan fingerprint density at radius 2 is 1.75 bits per heavy atom. The predicted octanol–water partition coefficient (Wildman–Crippen LogP) is 4.52. The van der Waals surface area contributed by atoms with Gasteiger partial charge in [-0.15, -0.1) is 24.9 Å². The summed E-state index contributed by atoms with van der Waals surface area (Å²) in [6.45, 7) is 20.1. The van der Waals surface area contributed by atoms with Crippen LogP contribution >= 0.6 is 11.8 Å². The van der Waals surface area contributed by atoms with Crippen LogP contribution in [0.5, 0.6) is 0 Å². The van der Waals surface area contributed by atoms with Gasteiger partial charge in [-0.2, -0.15) is 0 Å². The minimum atomic E-state index is -0.780. The van der Waals surface area contributed by atoms with Gasteiger partial charge in [-0.3, -0.25) is 14.4 Å². The lowest BCUT2D eigenvalue weighted by Gasteiger charge is -2.44. The molecule has 2 unspecified atom stereocenters. The monoisotopic (exact) mass is 567 g/mol. The molecular formula is C32H45N3O4S. The van der Waals surface area contributed by atoms with Crippen LogP contribution in [0.1, 0.15) is 54.4 Å². The lowest BCUT2D eigenvalue weighted by atomic mass is 9.66. The third-order valence-corrected chi connectivity index (χ3v) is 11.0. The highest BCUT2D eigenvalue weighted by Gasteiger charge is 2.78.